The van der Waals surface area contributed by atoms with E-state index >= 15 is 0 Å². The first kappa shape index (κ1) is 18.2. The summed E-state index contributed by atoms with van der Waals surface area (Å²) < 4.78 is 5.21. The molecule has 1 amide bonds. The van der Waals surface area contributed by atoms with Crippen molar-refractivity contribution in [2.24, 2.45) is 0 Å². The van der Waals surface area contributed by atoms with Crippen LogP contribution in [0.3, 0.4) is 0 Å². The van der Waals surface area contributed by atoms with Crippen LogP contribution in [0.1, 0.15) is 23.4 Å². The van der Waals surface area contributed by atoms with Gasteiger partial charge in [-0.3, -0.25) is 4.79 Å². The highest BCUT2D eigenvalue weighted by Crippen LogP contribution is 2.23. The maximum Gasteiger partial charge on any atom is 0.282 e. The van der Waals surface area contributed by atoms with Gasteiger partial charge in [0.05, 0.1) is 12.0 Å². The Morgan fingerprint density at radius 3 is 2.58 bits per heavy atom. The van der Waals surface area contributed by atoms with Crippen LogP contribution in [0, 0.1) is 0 Å². The van der Waals surface area contributed by atoms with E-state index < -0.39 is 0 Å². The van der Waals surface area contributed by atoms with E-state index in [9.17, 15) is 4.79 Å². The minimum Gasteiger partial charge on any atom is -0.497 e. The molecule has 0 aliphatic rings. The molecule has 3 aromatic rings. The zero-order valence-corrected chi connectivity index (χ0v) is 15.7. The van der Waals surface area contributed by atoms with Gasteiger partial charge in [-0.2, -0.15) is 0 Å². The number of hydrogen-bond donors (Lipinski definition) is 2. The number of rotatable bonds is 7. The summed E-state index contributed by atoms with van der Waals surface area (Å²) in [4.78, 5) is 13.9. The molecular weight excluding hydrogens is 344 g/mol. The number of quaternary nitrogens is 1. The smallest absolute Gasteiger partial charge is 0.282 e. The van der Waals surface area contributed by atoms with Crippen molar-refractivity contribution >= 4 is 22.9 Å². The molecule has 2 atom stereocenters. The van der Waals surface area contributed by atoms with Crippen molar-refractivity contribution in [1.82, 2.24) is 0 Å². The molecule has 0 aliphatic heterocycles. The minimum atomic E-state index is -0.242. The van der Waals surface area contributed by atoms with Crippen molar-refractivity contribution in [1.29, 1.82) is 0 Å². The standard InChI is InChI=1S/C21H22N2O2S/c1-15(21(24)23-17-10-6-11-18(14-17)25-2)22-20(19-12-7-13-26-19)16-8-4-3-5-9-16/h3-15,20,22H,1-2H3,(H,23,24)/p+1/t15-,20-/m0/s1. The Balaban J connectivity index is 1.73. The summed E-state index contributed by atoms with van der Waals surface area (Å²) in [5.74, 6) is 0.691. The van der Waals surface area contributed by atoms with Gasteiger partial charge in [0.1, 0.15) is 11.8 Å². The zero-order valence-electron chi connectivity index (χ0n) is 14.9. The topological polar surface area (TPSA) is 54.9 Å². The fourth-order valence-electron chi connectivity index (χ4n) is 2.83. The second-order valence-corrected chi connectivity index (χ2v) is 7.09. The molecule has 0 saturated heterocycles. The maximum atomic E-state index is 12.7. The van der Waals surface area contributed by atoms with E-state index in [1.165, 1.54) is 10.4 Å². The molecule has 0 unspecified atom stereocenters. The van der Waals surface area contributed by atoms with E-state index in [1.54, 1.807) is 18.4 Å². The lowest BCUT2D eigenvalue weighted by atomic mass is 10.0. The number of benzene rings is 2. The van der Waals surface area contributed by atoms with Crippen molar-refractivity contribution < 1.29 is 14.8 Å². The molecule has 3 N–H and O–H groups in total. The highest BCUT2D eigenvalue weighted by atomic mass is 32.1. The van der Waals surface area contributed by atoms with Crippen LogP contribution in [-0.4, -0.2) is 19.1 Å². The third kappa shape index (κ3) is 4.50. The molecule has 0 aliphatic carbocycles. The molecule has 5 heteroatoms. The molecule has 134 valence electrons. The van der Waals surface area contributed by atoms with Gasteiger partial charge in [-0.15, -0.1) is 11.3 Å². The van der Waals surface area contributed by atoms with Crippen molar-refractivity contribution in [2.75, 3.05) is 12.4 Å². The van der Waals surface area contributed by atoms with Crippen LogP contribution < -0.4 is 15.4 Å². The maximum absolute atomic E-state index is 12.7. The van der Waals surface area contributed by atoms with E-state index in [0.717, 1.165) is 11.4 Å². The van der Waals surface area contributed by atoms with Gasteiger partial charge < -0.3 is 15.4 Å². The molecule has 0 fully saturated rings. The number of nitrogens with one attached hydrogen (secondary N) is 1. The van der Waals surface area contributed by atoms with Crippen molar-refractivity contribution in [3.63, 3.8) is 0 Å². The van der Waals surface area contributed by atoms with Crippen LogP contribution in [0.4, 0.5) is 5.69 Å². The zero-order chi connectivity index (χ0) is 18.4. The normalized spacial score (nSPS) is 13.0. The summed E-state index contributed by atoms with van der Waals surface area (Å²) in [5.41, 5.74) is 1.93. The average molecular weight is 367 g/mol. The number of amides is 1. The van der Waals surface area contributed by atoms with Gasteiger partial charge in [0.15, 0.2) is 6.04 Å². The van der Waals surface area contributed by atoms with Gasteiger partial charge in [-0.25, -0.2) is 0 Å². The first-order valence-corrected chi connectivity index (χ1v) is 9.43. The largest absolute Gasteiger partial charge is 0.497 e. The lowest BCUT2D eigenvalue weighted by molar-refractivity contribution is -0.703. The second-order valence-electron chi connectivity index (χ2n) is 6.11. The lowest BCUT2D eigenvalue weighted by Crippen LogP contribution is -2.92. The molecule has 4 nitrogen and oxygen atoms in total. The highest BCUT2D eigenvalue weighted by molar-refractivity contribution is 7.10. The molecular formula is C21H23N2O2S+. The Labute approximate surface area is 157 Å². The summed E-state index contributed by atoms with van der Waals surface area (Å²) in [6.07, 6.45) is 0. The predicted molar refractivity (Wildman–Crippen MR) is 106 cm³/mol. The van der Waals surface area contributed by atoms with Gasteiger partial charge >= 0.3 is 0 Å². The van der Waals surface area contributed by atoms with Crippen LogP contribution in [0.15, 0.2) is 72.1 Å². The quantitative estimate of drug-likeness (QED) is 0.672. The number of anilines is 1. The third-order valence-corrected chi connectivity index (χ3v) is 5.20. The molecule has 2 aromatic carbocycles. The van der Waals surface area contributed by atoms with Crippen LogP contribution >= 0.6 is 11.3 Å². The van der Waals surface area contributed by atoms with E-state index in [4.69, 9.17) is 4.74 Å². The number of nitrogens with two attached hydrogens (primary N) is 1. The van der Waals surface area contributed by atoms with E-state index in [0.29, 0.717) is 0 Å². The molecule has 1 heterocycles. The predicted octanol–water partition coefficient (Wildman–Crippen LogP) is 3.44. The SMILES string of the molecule is COc1cccc(NC(=O)[C@H](C)[NH2+][C@@H](c2ccccc2)c2cccs2)c1. The summed E-state index contributed by atoms with van der Waals surface area (Å²) in [6.45, 7) is 1.93. The van der Waals surface area contributed by atoms with Gasteiger partial charge in [0.2, 0.25) is 0 Å². The van der Waals surface area contributed by atoms with Crippen molar-refractivity contribution in [3.05, 3.63) is 82.6 Å². The highest BCUT2D eigenvalue weighted by Gasteiger charge is 2.25. The van der Waals surface area contributed by atoms with E-state index in [2.05, 4.69) is 34.2 Å². The van der Waals surface area contributed by atoms with E-state index in [-0.39, 0.29) is 18.0 Å². The van der Waals surface area contributed by atoms with Gasteiger partial charge in [0.25, 0.3) is 5.91 Å². The Kier molecular flexibility index (Phi) is 6.04. The summed E-state index contributed by atoms with van der Waals surface area (Å²) >= 11 is 1.71. The summed E-state index contributed by atoms with van der Waals surface area (Å²) in [6, 6.07) is 21.7. The molecule has 0 bridgehead atoms. The monoisotopic (exact) mass is 367 g/mol. The summed E-state index contributed by atoms with van der Waals surface area (Å²) in [7, 11) is 1.61. The Hall–Kier alpha value is -2.63. The fraction of sp³-hybridized carbons (Fsp3) is 0.190. The molecule has 3 rings (SSSR count). The van der Waals surface area contributed by atoms with Crippen LogP contribution in [-0.2, 0) is 4.79 Å². The molecule has 1 aromatic heterocycles. The average Bonchev–Trinajstić information content (AvgIpc) is 3.21. The first-order chi connectivity index (χ1) is 12.7. The second kappa shape index (κ2) is 8.65. The van der Waals surface area contributed by atoms with E-state index in [1.807, 2.05) is 55.5 Å². The van der Waals surface area contributed by atoms with Crippen LogP contribution in [0.25, 0.3) is 0 Å². The van der Waals surface area contributed by atoms with Crippen LogP contribution in [0.2, 0.25) is 0 Å². The summed E-state index contributed by atoms with van der Waals surface area (Å²) in [5, 5.41) is 7.15. The third-order valence-electron chi connectivity index (χ3n) is 4.24. The molecule has 0 spiro atoms. The molecule has 0 radical (unpaired) electrons. The number of carbonyl (C=O) groups is 1. The lowest BCUT2D eigenvalue weighted by Gasteiger charge is -2.19. The Morgan fingerprint density at radius 2 is 1.88 bits per heavy atom. The number of ether oxygens (including phenoxy) is 1. The number of hydrogen-bond acceptors (Lipinski definition) is 3. The van der Waals surface area contributed by atoms with Gasteiger partial charge in [-0.1, -0.05) is 42.5 Å². The molecule has 26 heavy (non-hydrogen) atoms. The first-order valence-electron chi connectivity index (χ1n) is 8.55. The fourth-order valence-corrected chi connectivity index (χ4v) is 3.66. The minimum absolute atomic E-state index is 0.0317. The number of carbonyl (C=O) groups excluding carboxylic acids is 1. The van der Waals surface area contributed by atoms with Crippen molar-refractivity contribution in [3.8, 4) is 5.75 Å². The number of methoxy groups -OCH3 is 1. The number of thiophene rings is 1. The van der Waals surface area contributed by atoms with Crippen molar-refractivity contribution in [2.45, 2.75) is 19.0 Å². The van der Waals surface area contributed by atoms with Gasteiger partial charge in [-0.05, 0) is 30.5 Å². The molecule has 0 saturated carbocycles. The Bertz CT molecular complexity index is 834. The van der Waals surface area contributed by atoms with Gasteiger partial charge in [0, 0.05) is 17.3 Å². The Morgan fingerprint density at radius 1 is 1.08 bits per heavy atom. The van der Waals surface area contributed by atoms with Crippen LogP contribution in [0.5, 0.6) is 5.75 Å².